The van der Waals surface area contributed by atoms with Crippen LogP contribution in [-0.2, 0) is 0 Å². The van der Waals surface area contributed by atoms with E-state index < -0.39 is 0 Å². The summed E-state index contributed by atoms with van der Waals surface area (Å²) in [7, 11) is 0. The van der Waals surface area contributed by atoms with Gasteiger partial charge >= 0.3 is 0 Å². The zero-order valence-corrected chi connectivity index (χ0v) is 7.27. The van der Waals surface area contributed by atoms with E-state index in [4.69, 9.17) is 0 Å². The summed E-state index contributed by atoms with van der Waals surface area (Å²) in [5.74, 6) is 1.81. The molecule has 1 saturated heterocycles. The first-order valence-electron chi connectivity index (χ1n) is 4.37. The molecule has 2 heterocycles. The predicted octanol–water partition coefficient (Wildman–Crippen LogP) is 1.32. The summed E-state index contributed by atoms with van der Waals surface area (Å²) in [5, 5.41) is 0. The average Bonchev–Trinajstić information content (AvgIpc) is 2.54. The highest BCUT2D eigenvalue weighted by atomic mass is 15.2. The molecule has 0 amide bonds. The predicted molar refractivity (Wildman–Crippen MR) is 48.0 cm³/mol. The Hall–Kier alpha value is -1.12. The Morgan fingerprint density at radius 2 is 2.42 bits per heavy atom. The van der Waals surface area contributed by atoms with Crippen molar-refractivity contribution in [3.8, 4) is 0 Å². The molecule has 0 saturated carbocycles. The molecule has 64 valence electrons. The molecule has 2 rings (SSSR count). The maximum absolute atomic E-state index is 4.26. The van der Waals surface area contributed by atoms with E-state index >= 15 is 0 Å². The maximum Gasteiger partial charge on any atom is 0.147 e. The van der Waals surface area contributed by atoms with Crippen LogP contribution in [0.15, 0.2) is 18.6 Å². The fourth-order valence-corrected chi connectivity index (χ4v) is 1.60. The highest BCUT2D eigenvalue weighted by Crippen LogP contribution is 2.19. The molecule has 0 bridgehead atoms. The van der Waals surface area contributed by atoms with E-state index in [0.717, 1.165) is 24.8 Å². The number of anilines is 1. The number of hydrogen-bond acceptors (Lipinski definition) is 3. The van der Waals surface area contributed by atoms with Gasteiger partial charge in [-0.25, -0.2) is 4.98 Å². The summed E-state index contributed by atoms with van der Waals surface area (Å²) < 4.78 is 0. The molecular weight excluding hydrogens is 150 g/mol. The topological polar surface area (TPSA) is 29.0 Å². The van der Waals surface area contributed by atoms with Gasteiger partial charge in [0.2, 0.25) is 0 Å². The summed E-state index contributed by atoms with van der Waals surface area (Å²) in [6.07, 6.45) is 6.57. The van der Waals surface area contributed by atoms with Gasteiger partial charge in [0, 0.05) is 25.5 Å². The van der Waals surface area contributed by atoms with Crippen LogP contribution in [0.2, 0.25) is 0 Å². The van der Waals surface area contributed by atoms with Crippen LogP contribution >= 0.6 is 0 Å². The van der Waals surface area contributed by atoms with Crippen LogP contribution in [0.3, 0.4) is 0 Å². The van der Waals surface area contributed by atoms with E-state index in [0.29, 0.717) is 0 Å². The van der Waals surface area contributed by atoms with E-state index in [1.165, 1.54) is 6.42 Å². The Bertz CT molecular complexity index is 247. The smallest absolute Gasteiger partial charge is 0.147 e. The van der Waals surface area contributed by atoms with Gasteiger partial charge in [0.1, 0.15) is 5.82 Å². The first-order valence-corrected chi connectivity index (χ1v) is 4.37. The Balaban J connectivity index is 2.11. The Morgan fingerprint density at radius 3 is 3.00 bits per heavy atom. The zero-order chi connectivity index (χ0) is 8.39. The zero-order valence-electron chi connectivity index (χ0n) is 7.27. The fraction of sp³-hybridized carbons (Fsp3) is 0.556. The Morgan fingerprint density at radius 1 is 1.50 bits per heavy atom. The molecule has 1 aromatic rings. The largest absolute Gasteiger partial charge is 0.355 e. The molecule has 0 N–H and O–H groups in total. The third-order valence-corrected chi connectivity index (χ3v) is 2.30. The summed E-state index contributed by atoms with van der Waals surface area (Å²) in [6, 6.07) is 0. The minimum atomic E-state index is 0.798. The first kappa shape index (κ1) is 7.53. The molecule has 1 aliphatic heterocycles. The van der Waals surface area contributed by atoms with Gasteiger partial charge in [-0.15, -0.1) is 0 Å². The molecule has 1 aromatic heterocycles. The molecule has 1 aliphatic rings. The number of aromatic nitrogens is 2. The third-order valence-electron chi connectivity index (χ3n) is 2.30. The van der Waals surface area contributed by atoms with Crippen LogP contribution in [0.25, 0.3) is 0 Å². The van der Waals surface area contributed by atoms with Gasteiger partial charge in [-0.05, 0) is 12.3 Å². The molecule has 1 fully saturated rings. The lowest BCUT2D eigenvalue weighted by Gasteiger charge is -2.15. The number of rotatable bonds is 1. The number of hydrogen-bond donors (Lipinski definition) is 0. The van der Waals surface area contributed by atoms with Gasteiger partial charge in [-0.2, -0.15) is 0 Å². The highest BCUT2D eigenvalue weighted by molar-refractivity contribution is 5.36. The SMILES string of the molecule is CC1CCN(c2cnccn2)C1. The van der Waals surface area contributed by atoms with Crippen LogP contribution < -0.4 is 4.90 Å². The van der Waals surface area contributed by atoms with Gasteiger partial charge in [-0.3, -0.25) is 4.98 Å². The first-order chi connectivity index (χ1) is 5.86. The molecule has 1 unspecified atom stereocenters. The Labute approximate surface area is 72.4 Å². The molecule has 1 atom stereocenters. The monoisotopic (exact) mass is 163 g/mol. The van der Waals surface area contributed by atoms with Crippen LogP contribution in [0.4, 0.5) is 5.82 Å². The molecule has 3 heteroatoms. The van der Waals surface area contributed by atoms with Crippen molar-refractivity contribution in [2.45, 2.75) is 13.3 Å². The van der Waals surface area contributed by atoms with Crippen molar-refractivity contribution < 1.29 is 0 Å². The quantitative estimate of drug-likeness (QED) is 0.625. The molecule has 0 aliphatic carbocycles. The molecular formula is C9H13N3. The Kier molecular flexibility index (Phi) is 1.94. The summed E-state index contributed by atoms with van der Waals surface area (Å²) >= 11 is 0. The van der Waals surface area contributed by atoms with Crippen LogP contribution in [0, 0.1) is 5.92 Å². The van der Waals surface area contributed by atoms with Crippen molar-refractivity contribution in [2.24, 2.45) is 5.92 Å². The van der Waals surface area contributed by atoms with Crippen molar-refractivity contribution in [2.75, 3.05) is 18.0 Å². The molecule has 3 nitrogen and oxygen atoms in total. The summed E-state index contributed by atoms with van der Waals surface area (Å²) in [6.45, 7) is 4.52. The van der Waals surface area contributed by atoms with Gasteiger partial charge in [0.25, 0.3) is 0 Å². The summed E-state index contributed by atoms with van der Waals surface area (Å²) in [5.41, 5.74) is 0. The van der Waals surface area contributed by atoms with Crippen molar-refractivity contribution in [3.05, 3.63) is 18.6 Å². The van der Waals surface area contributed by atoms with Crippen LogP contribution in [-0.4, -0.2) is 23.1 Å². The van der Waals surface area contributed by atoms with Crippen molar-refractivity contribution in [3.63, 3.8) is 0 Å². The van der Waals surface area contributed by atoms with Gasteiger partial charge < -0.3 is 4.90 Å². The lowest BCUT2D eigenvalue weighted by atomic mass is 10.2. The fourth-order valence-electron chi connectivity index (χ4n) is 1.60. The molecule has 0 spiro atoms. The number of nitrogens with zero attached hydrogens (tertiary/aromatic N) is 3. The van der Waals surface area contributed by atoms with Gasteiger partial charge in [0.15, 0.2) is 0 Å². The standard InChI is InChI=1S/C9H13N3/c1-8-2-5-12(7-8)9-6-10-3-4-11-9/h3-4,6,8H,2,5,7H2,1H3. The lowest BCUT2D eigenvalue weighted by Crippen LogP contribution is -2.20. The van der Waals surface area contributed by atoms with E-state index in [1.54, 1.807) is 12.4 Å². The van der Waals surface area contributed by atoms with Crippen molar-refractivity contribution in [1.82, 2.24) is 9.97 Å². The second kappa shape index (κ2) is 3.09. The summed E-state index contributed by atoms with van der Waals surface area (Å²) in [4.78, 5) is 10.6. The molecule has 12 heavy (non-hydrogen) atoms. The van der Waals surface area contributed by atoms with E-state index in [-0.39, 0.29) is 0 Å². The van der Waals surface area contributed by atoms with Crippen LogP contribution in [0.1, 0.15) is 13.3 Å². The van der Waals surface area contributed by atoms with E-state index in [9.17, 15) is 0 Å². The minimum absolute atomic E-state index is 0.798. The van der Waals surface area contributed by atoms with E-state index in [2.05, 4.69) is 21.8 Å². The van der Waals surface area contributed by atoms with Crippen molar-refractivity contribution >= 4 is 5.82 Å². The van der Waals surface area contributed by atoms with Crippen LogP contribution in [0.5, 0.6) is 0 Å². The lowest BCUT2D eigenvalue weighted by molar-refractivity contribution is 0.659. The van der Waals surface area contributed by atoms with Gasteiger partial charge in [0.05, 0.1) is 6.20 Å². The normalized spacial score (nSPS) is 23.1. The van der Waals surface area contributed by atoms with E-state index in [1.807, 2.05) is 6.20 Å². The third kappa shape index (κ3) is 1.40. The average molecular weight is 163 g/mol. The highest BCUT2D eigenvalue weighted by Gasteiger charge is 2.19. The molecule has 0 radical (unpaired) electrons. The maximum atomic E-state index is 4.26. The second-order valence-corrected chi connectivity index (χ2v) is 3.40. The minimum Gasteiger partial charge on any atom is -0.355 e. The van der Waals surface area contributed by atoms with Gasteiger partial charge in [-0.1, -0.05) is 6.92 Å². The second-order valence-electron chi connectivity index (χ2n) is 3.40. The van der Waals surface area contributed by atoms with Crippen molar-refractivity contribution in [1.29, 1.82) is 0 Å². The molecule has 0 aromatic carbocycles.